The minimum Gasteiger partial charge on any atom is -0.463 e. The van der Waals surface area contributed by atoms with Gasteiger partial charge in [-0.1, -0.05) is 84.0 Å². The van der Waals surface area contributed by atoms with Crippen molar-refractivity contribution in [2.45, 2.75) is 96.8 Å². The van der Waals surface area contributed by atoms with Crippen LogP contribution in [0.25, 0.3) is 0 Å². The van der Waals surface area contributed by atoms with Crippen LogP contribution in [0.5, 0.6) is 0 Å². The lowest BCUT2D eigenvalue weighted by Gasteiger charge is -2.09. The first-order chi connectivity index (χ1) is 28.3. The van der Waals surface area contributed by atoms with Gasteiger partial charge in [0.1, 0.15) is 6.61 Å². The molecule has 0 N–H and O–H groups in total. The molecule has 0 radical (unpaired) electrons. The first-order valence-electron chi connectivity index (χ1n) is 22.0. The van der Waals surface area contributed by atoms with E-state index >= 15 is 0 Å². The normalized spacial score (nSPS) is 11.5. The van der Waals surface area contributed by atoms with Gasteiger partial charge in [0.05, 0.1) is 159 Å². The SMILES string of the molecule is CCCCCCCCCCCCCCCC(=O)OCCOCCOCCOCCOCCOCCOCCOCCOCCOCCOCCOCCOCCCl. The van der Waals surface area contributed by atoms with Crippen molar-refractivity contribution >= 4 is 17.6 Å². The number of hydrogen-bond donors (Lipinski definition) is 0. The van der Waals surface area contributed by atoms with Crippen molar-refractivity contribution in [1.29, 1.82) is 0 Å². The van der Waals surface area contributed by atoms with E-state index in [2.05, 4.69) is 6.92 Å². The summed E-state index contributed by atoms with van der Waals surface area (Å²) in [5.41, 5.74) is 0. The lowest BCUT2D eigenvalue weighted by Crippen LogP contribution is -2.15. The molecule has 0 aliphatic rings. The molecule has 0 atom stereocenters. The largest absolute Gasteiger partial charge is 0.463 e. The van der Waals surface area contributed by atoms with Crippen molar-refractivity contribution in [1.82, 2.24) is 0 Å². The van der Waals surface area contributed by atoms with E-state index in [4.69, 9.17) is 73.2 Å². The average molecular weight is 848 g/mol. The highest BCUT2D eigenvalue weighted by atomic mass is 35.5. The highest BCUT2D eigenvalue weighted by Crippen LogP contribution is 2.13. The fraction of sp³-hybridized carbons (Fsp3) is 0.976. The Balaban J connectivity index is 3.12. The van der Waals surface area contributed by atoms with Crippen LogP contribution in [0.4, 0.5) is 0 Å². The van der Waals surface area contributed by atoms with Gasteiger partial charge in [-0.2, -0.15) is 0 Å². The maximum absolute atomic E-state index is 11.9. The molecular weight excluding hydrogens is 764 g/mol. The molecule has 0 bridgehead atoms. The summed E-state index contributed by atoms with van der Waals surface area (Å²) in [6, 6.07) is 0. The number of carbonyl (C=O) groups excluding carboxylic acids is 1. The summed E-state index contributed by atoms with van der Waals surface area (Å²) in [6.45, 7) is 14.5. The molecule has 0 heterocycles. The van der Waals surface area contributed by atoms with Crippen LogP contribution in [0.1, 0.15) is 96.8 Å². The molecule has 0 unspecified atom stereocenters. The Labute approximate surface area is 351 Å². The van der Waals surface area contributed by atoms with Crippen LogP contribution < -0.4 is 0 Å². The predicted octanol–water partition coefficient (Wildman–Crippen LogP) is 6.45. The van der Waals surface area contributed by atoms with Crippen LogP contribution in [0, 0.1) is 0 Å². The van der Waals surface area contributed by atoms with Crippen LogP contribution >= 0.6 is 11.6 Å². The zero-order chi connectivity index (χ0) is 41.1. The van der Waals surface area contributed by atoms with Gasteiger partial charge < -0.3 is 61.6 Å². The molecule has 0 saturated carbocycles. The summed E-state index contributed by atoms with van der Waals surface area (Å²) in [6.07, 6.45) is 17.3. The van der Waals surface area contributed by atoms with Gasteiger partial charge in [0.25, 0.3) is 0 Å². The third-order valence-corrected chi connectivity index (χ3v) is 8.44. The lowest BCUT2D eigenvalue weighted by molar-refractivity contribution is -0.145. The predicted molar refractivity (Wildman–Crippen MR) is 222 cm³/mol. The monoisotopic (exact) mass is 847 g/mol. The maximum Gasteiger partial charge on any atom is 0.305 e. The first kappa shape index (κ1) is 56.3. The number of halogens is 1. The summed E-state index contributed by atoms with van der Waals surface area (Å²) >= 11 is 5.52. The van der Waals surface area contributed by atoms with E-state index in [0.29, 0.717) is 171 Å². The van der Waals surface area contributed by atoms with E-state index < -0.39 is 0 Å². The number of carbonyl (C=O) groups is 1. The molecule has 0 saturated heterocycles. The number of esters is 1. The number of ether oxygens (including phenoxy) is 13. The highest BCUT2D eigenvalue weighted by Gasteiger charge is 2.03. The quantitative estimate of drug-likeness (QED) is 0.0377. The molecule has 0 fully saturated rings. The second-order valence-corrected chi connectivity index (χ2v) is 13.6. The van der Waals surface area contributed by atoms with Gasteiger partial charge in [0.2, 0.25) is 0 Å². The topological polar surface area (TPSA) is 137 Å². The van der Waals surface area contributed by atoms with Crippen molar-refractivity contribution in [3.63, 3.8) is 0 Å². The van der Waals surface area contributed by atoms with Crippen LogP contribution in [0.15, 0.2) is 0 Å². The third kappa shape index (κ3) is 53.3. The first-order valence-corrected chi connectivity index (χ1v) is 22.5. The van der Waals surface area contributed by atoms with Crippen LogP contribution in [-0.2, 0) is 66.4 Å². The number of rotatable bonds is 52. The highest BCUT2D eigenvalue weighted by molar-refractivity contribution is 6.17. The van der Waals surface area contributed by atoms with Crippen LogP contribution in [0.3, 0.4) is 0 Å². The molecule has 15 heteroatoms. The molecule has 342 valence electrons. The Hall–Kier alpha value is -0.720. The standard InChI is InChI=1S/C42H83ClO14/c1-2-3-4-5-6-7-8-9-10-11-12-13-14-15-42(44)57-41-40-56-39-38-55-37-36-54-35-34-53-33-32-52-31-30-51-29-28-50-27-26-49-25-24-48-23-22-47-21-20-46-19-18-45-17-16-43/h2-41H2,1H3. The molecule has 0 aromatic heterocycles. The van der Waals surface area contributed by atoms with Gasteiger partial charge in [-0.3, -0.25) is 4.79 Å². The summed E-state index contributed by atoms with van der Waals surface area (Å²) in [4.78, 5) is 11.9. The van der Waals surface area contributed by atoms with Crippen molar-refractivity contribution in [2.75, 3.05) is 171 Å². The molecule has 14 nitrogen and oxygen atoms in total. The van der Waals surface area contributed by atoms with Gasteiger partial charge in [-0.05, 0) is 6.42 Å². The number of hydrogen-bond acceptors (Lipinski definition) is 14. The Bertz CT molecular complexity index is 743. The van der Waals surface area contributed by atoms with E-state index in [1.54, 1.807) is 0 Å². The van der Waals surface area contributed by atoms with Gasteiger partial charge in [-0.25, -0.2) is 0 Å². The summed E-state index contributed by atoms with van der Waals surface area (Å²) in [5.74, 6) is 0.361. The van der Waals surface area contributed by atoms with Crippen molar-refractivity contribution in [3.8, 4) is 0 Å². The average Bonchev–Trinajstić information content (AvgIpc) is 3.22. The van der Waals surface area contributed by atoms with E-state index in [0.717, 1.165) is 12.8 Å². The molecule has 0 rings (SSSR count). The van der Waals surface area contributed by atoms with E-state index in [9.17, 15) is 4.79 Å². The van der Waals surface area contributed by atoms with Crippen LogP contribution in [-0.4, -0.2) is 177 Å². The van der Waals surface area contributed by atoms with E-state index in [-0.39, 0.29) is 12.6 Å². The molecule has 0 aliphatic heterocycles. The van der Waals surface area contributed by atoms with Gasteiger partial charge >= 0.3 is 5.97 Å². The van der Waals surface area contributed by atoms with Gasteiger partial charge in [0.15, 0.2) is 0 Å². The second-order valence-electron chi connectivity index (χ2n) is 13.3. The molecule has 0 aliphatic carbocycles. The zero-order valence-electron chi connectivity index (χ0n) is 35.9. The molecule has 0 amide bonds. The van der Waals surface area contributed by atoms with Crippen molar-refractivity contribution in [3.05, 3.63) is 0 Å². The Morgan fingerprint density at radius 3 is 0.754 bits per heavy atom. The minimum absolute atomic E-state index is 0.133. The number of alkyl halides is 1. The molecule has 57 heavy (non-hydrogen) atoms. The van der Waals surface area contributed by atoms with E-state index in [1.807, 2.05) is 0 Å². The molecule has 0 spiro atoms. The molecular formula is C42H83ClO14. The smallest absolute Gasteiger partial charge is 0.305 e. The minimum atomic E-state index is -0.133. The number of unbranched alkanes of at least 4 members (excludes halogenated alkanes) is 12. The maximum atomic E-state index is 11.9. The Kier molecular flexibility index (Phi) is 52.6. The summed E-state index contributed by atoms with van der Waals surface area (Å²) in [5, 5.41) is 0. The third-order valence-electron chi connectivity index (χ3n) is 8.29. The van der Waals surface area contributed by atoms with E-state index in [1.165, 1.54) is 70.6 Å². The Morgan fingerprint density at radius 2 is 0.509 bits per heavy atom. The second kappa shape index (κ2) is 53.3. The molecule has 0 aromatic carbocycles. The Morgan fingerprint density at radius 1 is 0.298 bits per heavy atom. The summed E-state index contributed by atoms with van der Waals surface area (Å²) in [7, 11) is 0. The fourth-order valence-electron chi connectivity index (χ4n) is 5.15. The van der Waals surface area contributed by atoms with Crippen molar-refractivity contribution < 1.29 is 66.4 Å². The van der Waals surface area contributed by atoms with Gasteiger partial charge in [-0.15, -0.1) is 11.6 Å². The zero-order valence-corrected chi connectivity index (χ0v) is 36.6. The van der Waals surface area contributed by atoms with Gasteiger partial charge in [0, 0.05) is 12.3 Å². The fourth-order valence-corrected chi connectivity index (χ4v) is 5.26. The molecule has 0 aromatic rings. The van der Waals surface area contributed by atoms with Crippen molar-refractivity contribution in [2.24, 2.45) is 0 Å². The lowest BCUT2D eigenvalue weighted by atomic mass is 10.0. The van der Waals surface area contributed by atoms with Crippen LogP contribution in [0.2, 0.25) is 0 Å². The summed E-state index contributed by atoms with van der Waals surface area (Å²) < 4.78 is 70.7.